The Morgan fingerprint density at radius 1 is 1.33 bits per heavy atom. The summed E-state index contributed by atoms with van der Waals surface area (Å²) in [7, 11) is 1.54. The van der Waals surface area contributed by atoms with Gasteiger partial charge in [-0.3, -0.25) is 14.5 Å². The van der Waals surface area contributed by atoms with Gasteiger partial charge in [0.15, 0.2) is 0 Å². The first-order chi connectivity index (χ1) is 12.1. The third-order valence-electron chi connectivity index (χ3n) is 5.05. The minimum absolute atomic E-state index is 0. The van der Waals surface area contributed by atoms with E-state index in [2.05, 4.69) is 29.4 Å². The van der Waals surface area contributed by atoms with Crippen molar-refractivity contribution >= 4 is 35.6 Å². The Hall–Kier alpha value is -1.83. The highest BCUT2D eigenvalue weighted by atomic mass is 35.5. The van der Waals surface area contributed by atoms with Gasteiger partial charge in [-0.2, -0.15) is 0 Å². The molecule has 8 heteroatoms. The predicted octanol–water partition coefficient (Wildman–Crippen LogP) is 2.46. The van der Waals surface area contributed by atoms with Crippen LogP contribution in [0.3, 0.4) is 0 Å². The first-order valence-electron chi connectivity index (χ1n) is 8.90. The standard InChI is InChI=1S/C19H30N4O3.ClH/c1-12(23-9-8-17(20)19(3,4)11-23)18(25)22-15-10-14(21-13(2)24)6-7-16(15)26-5;/h6-7,10,12,17H,8-9,11,20H2,1-5H3,(H,21,24)(H,22,25);1H. The molecule has 2 amide bonds. The molecule has 0 bridgehead atoms. The SMILES string of the molecule is COc1ccc(NC(C)=O)cc1NC(=O)C(C)N1CCC(N)C(C)(C)C1.Cl. The van der Waals surface area contributed by atoms with Crippen molar-refractivity contribution in [1.82, 2.24) is 4.90 Å². The third-order valence-corrected chi connectivity index (χ3v) is 5.05. The summed E-state index contributed by atoms with van der Waals surface area (Å²) < 4.78 is 5.32. The number of piperidine rings is 1. The Morgan fingerprint density at radius 2 is 2.00 bits per heavy atom. The number of benzene rings is 1. The van der Waals surface area contributed by atoms with Crippen LogP contribution in [-0.4, -0.2) is 49.0 Å². The van der Waals surface area contributed by atoms with Crippen LogP contribution in [0.5, 0.6) is 5.75 Å². The number of methoxy groups -OCH3 is 1. The summed E-state index contributed by atoms with van der Waals surface area (Å²) in [5.41, 5.74) is 7.29. The van der Waals surface area contributed by atoms with Crippen LogP contribution in [0.15, 0.2) is 18.2 Å². The number of amides is 2. The number of rotatable bonds is 5. The summed E-state index contributed by atoms with van der Waals surface area (Å²) in [5.74, 6) is 0.253. The van der Waals surface area contributed by atoms with Crippen LogP contribution in [-0.2, 0) is 9.59 Å². The summed E-state index contributed by atoms with van der Waals surface area (Å²) in [4.78, 5) is 26.2. The molecule has 152 valence electrons. The number of carbonyl (C=O) groups is 2. The maximum Gasteiger partial charge on any atom is 0.241 e. The van der Waals surface area contributed by atoms with Gasteiger partial charge in [0.05, 0.1) is 18.8 Å². The average Bonchev–Trinajstić information content (AvgIpc) is 2.56. The molecule has 1 aromatic rings. The lowest BCUT2D eigenvalue weighted by molar-refractivity contribution is -0.122. The molecule has 0 spiro atoms. The molecule has 1 heterocycles. The van der Waals surface area contributed by atoms with Crippen molar-refractivity contribution in [3.8, 4) is 5.75 Å². The van der Waals surface area contributed by atoms with Crippen LogP contribution in [0.1, 0.15) is 34.1 Å². The van der Waals surface area contributed by atoms with E-state index < -0.39 is 0 Å². The molecule has 1 aliphatic rings. The molecule has 7 nitrogen and oxygen atoms in total. The molecule has 0 aromatic heterocycles. The fourth-order valence-corrected chi connectivity index (χ4v) is 3.24. The van der Waals surface area contributed by atoms with Crippen LogP contribution < -0.4 is 21.1 Å². The molecule has 0 radical (unpaired) electrons. The number of ether oxygens (including phenoxy) is 1. The van der Waals surface area contributed by atoms with Gasteiger partial charge in [-0.15, -0.1) is 12.4 Å². The molecule has 1 fully saturated rings. The van der Waals surface area contributed by atoms with E-state index in [4.69, 9.17) is 10.5 Å². The fraction of sp³-hybridized carbons (Fsp3) is 0.579. The van der Waals surface area contributed by atoms with Crippen molar-refractivity contribution in [1.29, 1.82) is 0 Å². The Morgan fingerprint density at radius 3 is 2.56 bits per heavy atom. The van der Waals surface area contributed by atoms with Crippen molar-refractivity contribution in [2.24, 2.45) is 11.1 Å². The lowest BCUT2D eigenvalue weighted by Gasteiger charge is -2.44. The average molecular weight is 399 g/mol. The molecule has 1 saturated heterocycles. The summed E-state index contributed by atoms with van der Waals surface area (Å²) in [6.45, 7) is 9.16. The molecule has 2 atom stereocenters. The number of anilines is 2. The molecule has 4 N–H and O–H groups in total. The third kappa shape index (κ3) is 5.82. The van der Waals surface area contributed by atoms with E-state index in [0.29, 0.717) is 17.1 Å². The zero-order valence-electron chi connectivity index (χ0n) is 16.7. The second kappa shape index (κ2) is 9.39. The largest absolute Gasteiger partial charge is 0.495 e. The van der Waals surface area contributed by atoms with Crippen LogP contribution in [0, 0.1) is 5.41 Å². The summed E-state index contributed by atoms with van der Waals surface area (Å²) in [6.07, 6.45) is 0.867. The maximum atomic E-state index is 12.8. The Bertz CT molecular complexity index is 681. The van der Waals surface area contributed by atoms with Crippen molar-refractivity contribution in [2.45, 2.75) is 46.2 Å². The van der Waals surface area contributed by atoms with Crippen molar-refractivity contribution in [2.75, 3.05) is 30.8 Å². The number of halogens is 1. The lowest BCUT2D eigenvalue weighted by atomic mass is 9.79. The Balaban J connectivity index is 0.00000364. The highest BCUT2D eigenvalue weighted by Crippen LogP contribution is 2.30. The molecule has 1 aliphatic heterocycles. The molecule has 2 rings (SSSR count). The molecule has 0 saturated carbocycles. The van der Waals surface area contributed by atoms with Crippen LogP contribution in [0.4, 0.5) is 11.4 Å². The van der Waals surface area contributed by atoms with Gasteiger partial charge in [-0.05, 0) is 37.0 Å². The van der Waals surface area contributed by atoms with Crippen LogP contribution in [0.25, 0.3) is 0 Å². The van der Waals surface area contributed by atoms with Gasteiger partial charge in [-0.25, -0.2) is 0 Å². The highest BCUT2D eigenvalue weighted by molar-refractivity contribution is 5.97. The molecule has 0 aliphatic carbocycles. The fourth-order valence-electron chi connectivity index (χ4n) is 3.24. The molecular weight excluding hydrogens is 368 g/mol. The Labute approximate surface area is 167 Å². The van der Waals surface area contributed by atoms with E-state index in [-0.39, 0.29) is 41.7 Å². The smallest absolute Gasteiger partial charge is 0.241 e. The van der Waals surface area contributed by atoms with Crippen LogP contribution in [0.2, 0.25) is 0 Å². The van der Waals surface area contributed by atoms with Gasteiger partial charge in [0, 0.05) is 31.7 Å². The monoisotopic (exact) mass is 398 g/mol. The second-order valence-electron chi connectivity index (χ2n) is 7.62. The molecule has 27 heavy (non-hydrogen) atoms. The van der Waals surface area contributed by atoms with Gasteiger partial charge >= 0.3 is 0 Å². The van der Waals surface area contributed by atoms with E-state index in [1.165, 1.54) is 6.92 Å². The lowest BCUT2D eigenvalue weighted by Crippen LogP contribution is -2.56. The number of hydrogen-bond acceptors (Lipinski definition) is 5. The van der Waals surface area contributed by atoms with E-state index in [1.807, 2.05) is 6.92 Å². The summed E-state index contributed by atoms with van der Waals surface area (Å²) >= 11 is 0. The van der Waals surface area contributed by atoms with E-state index in [1.54, 1.807) is 25.3 Å². The second-order valence-corrected chi connectivity index (χ2v) is 7.62. The van der Waals surface area contributed by atoms with Crippen molar-refractivity contribution in [3.05, 3.63) is 18.2 Å². The normalized spacial score (nSPS) is 20.1. The van der Waals surface area contributed by atoms with E-state index >= 15 is 0 Å². The Kier molecular flexibility index (Phi) is 8.07. The quantitative estimate of drug-likeness (QED) is 0.707. The molecule has 2 unspecified atom stereocenters. The van der Waals surface area contributed by atoms with E-state index in [0.717, 1.165) is 19.5 Å². The van der Waals surface area contributed by atoms with Gasteiger partial charge in [-0.1, -0.05) is 13.8 Å². The van der Waals surface area contributed by atoms with Gasteiger partial charge in [0.25, 0.3) is 0 Å². The van der Waals surface area contributed by atoms with Gasteiger partial charge < -0.3 is 21.1 Å². The minimum Gasteiger partial charge on any atom is -0.495 e. The number of carbonyl (C=O) groups excluding carboxylic acids is 2. The number of nitrogens with one attached hydrogen (secondary N) is 2. The number of likely N-dealkylation sites (tertiary alicyclic amines) is 1. The first kappa shape index (κ1) is 23.2. The molecular formula is C19H31ClN4O3. The maximum absolute atomic E-state index is 12.8. The van der Waals surface area contributed by atoms with E-state index in [9.17, 15) is 9.59 Å². The first-order valence-corrected chi connectivity index (χ1v) is 8.90. The summed E-state index contributed by atoms with van der Waals surface area (Å²) in [5, 5.41) is 5.63. The molecule has 1 aromatic carbocycles. The predicted molar refractivity (Wildman–Crippen MR) is 111 cm³/mol. The summed E-state index contributed by atoms with van der Waals surface area (Å²) in [6, 6.07) is 4.99. The zero-order valence-corrected chi connectivity index (χ0v) is 17.5. The number of nitrogens with zero attached hydrogens (tertiary/aromatic N) is 1. The van der Waals surface area contributed by atoms with Crippen molar-refractivity contribution < 1.29 is 14.3 Å². The zero-order chi connectivity index (χ0) is 19.5. The number of nitrogens with two attached hydrogens (primary N) is 1. The number of hydrogen-bond donors (Lipinski definition) is 3. The minimum atomic E-state index is -0.295. The van der Waals surface area contributed by atoms with Crippen LogP contribution >= 0.6 is 12.4 Å². The topological polar surface area (TPSA) is 96.7 Å². The highest BCUT2D eigenvalue weighted by Gasteiger charge is 2.36. The van der Waals surface area contributed by atoms with Crippen molar-refractivity contribution in [3.63, 3.8) is 0 Å². The van der Waals surface area contributed by atoms with Gasteiger partial charge in [0.2, 0.25) is 11.8 Å². The van der Waals surface area contributed by atoms with Gasteiger partial charge in [0.1, 0.15) is 5.75 Å².